The van der Waals surface area contributed by atoms with E-state index in [0.29, 0.717) is 6.54 Å². The fourth-order valence-corrected chi connectivity index (χ4v) is 1.35. The smallest absolute Gasteiger partial charge is 0.223 e. The zero-order valence-electron chi connectivity index (χ0n) is 8.29. The fourth-order valence-electron chi connectivity index (χ4n) is 1.35. The van der Waals surface area contributed by atoms with Crippen LogP contribution in [0.3, 0.4) is 0 Å². The highest BCUT2D eigenvalue weighted by atomic mass is 16.2. The summed E-state index contributed by atoms with van der Waals surface area (Å²) in [7, 11) is 0. The topological polar surface area (TPSA) is 42.0 Å². The molecule has 74 valence electrons. The summed E-state index contributed by atoms with van der Waals surface area (Å²) < 4.78 is 0. The number of pyridine rings is 1. The van der Waals surface area contributed by atoms with Crippen LogP contribution in [0.1, 0.15) is 24.0 Å². The second-order valence-corrected chi connectivity index (χ2v) is 3.79. The Balaban J connectivity index is 1.91. The summed E-state index contributed by atoms with van der Waals surface area (Å²) in [5.41, 5.74) is 2.28. The van der Waals surface area contributed by atoms with E-state index in [1.165, 1.54) is 5.56 Å². The zero-order valence-corrected chi connectivity index (χ0v) is 8.29. The normalized spacial score (nSPS) is 15.2. The number of nitrogens with zero attached hydrogens (tertiary/aromatic N) is 1. The number of amides is 1. The minimum Gasteiger partial charge on any atom is -0.352 e. The number of carbonyl (C=O) groups excluding carboxylic acids is 1. The first-order chi connectivity index (χ1) is 6.77. The van der Waals surface area contributed by atoms with Crippen molar-refractivity contribution in [2.75, 3.05) is 0 Å². The number of carbonyl (C=O) groups is 1. The summed E-state index contributed by atoms with van der Waals surface area (Å²) in [6.45, 7) is 2.63. The average Bonchev–Trinajstić information content (AvgIpc) is 2.99. The van der Waals surface area contributed by atoms with Gasteiger partial charge in [-0.3, -0.25) is 9.78 Å². The van der Waals surface area contributed by atoms with Crippen LogP contribution in [0.4, 0.5) is 0 Å². The maximum Gasteiger partial charge on any atom is 0.223 e. The lowest BCUT2D eigenvalue weighted by Gasteiger charge is -2.06. The summed E-state index contributed by atoms with van der Waals surface area (Å²) >= 11 is 0. The Kier molecular flexibility index (Phi) is 2.48. The van der Waals surface area contributed by atoms with Crippen molar-refractivity contribution in [3.8, 4) is 0 Å². The van der Waals surface area contributed by atoms with Gasteiger partial charge in [0, 0.05) is 24.9 Å². The van der Waals surface area contributed by atoms with Crippen molar-refractivity contribution in [1.29, 1.82) is 0 Å². The molecule has 0 aliphatic heterocycles. The predicted octanol–water partition coefficient (Wildman–Crippen LogP) is 1.42. The van der Waals surface area contributed by atoms with E-state index in [2.05, 4.69) is 10.3 Å². The zero-order chi connectivity index (χ0) is 9.97. The van der Waals surface area contributed by atoms with Crippen LogP contribution in [-0.4, -0.2) is 10.9 Å². The van der Waals surface area contributed by atoms with Gasteiger partial charge in [-0.2, -0.15) is 0 Å². The SMILES string of the molecule is Cc1ccncc1CNC(=O)C1CC1. The Morgan fingerprint density at radius 2 is 2.43 bits per heavy atom. The van der Waals surface area contributed by atoms with Crippen LogP contribution in [-0.2, 0) is 11.3 Å². The van der Waals surface area contributed by atoms with Gasteiger partial charge in [0.05, 0.1) is 0 Å². The van der Waals surface area contributed by atoms with Crippen molar-refractivity contribution < 1.29 is 4.79 Å². The molecule has 1 N–H and O–H groups in total. The summed E-state index contributed by atoms with van der Waals surface area (Å²) in [4.78, 5) is 15.4. The lowest BCUT2D eigenvalue weighted by atomic mass is 10.1. The average molecular weight is 190 g/mol. The van der Waals surface area contributed by atoms with Crippen LogP contribution in [0, 0.1) is 12.8 Å². The molecule has 14 heavy (non-hydrogen) atoms. The van der Waals surface area contributed by atoms with Crippen LogP contribution in [0.5, 0.6) is 0 Å². The second-order valence-electron chi connectivity index (χ2n) is 3.79. The first-order valence-electron chi connectivity index (χ1n) is 4.94. The first-order valence-corrected chi connectivity index (χ1v) is 4.94. The van der Waals surface area contributed by atoms with E-state index >= 15 is 0 Å². The Labute approximate surface area is 83.5 Å². The van der Waals surface area contributed by atoms with Crippen LogP contribution < -0.4 is 5.32 Å². The molecule has 0 spiro atoms. The van der Waals surface area contributed by atoms with Gasteiger partial charge in [0.15, 0.2) is 0 Å². The van der Waals surface area contributed by atoms with E-state index < -0.39 is 0 Å². The van der Waals surface area contributed by atoms with Crippen molar-refractivity contribution in [3.63, 3.8) is 0 Å². The van der Waals surface area contributed by atoms with Gasteiger partial charge in [-0.25, -0.2) is 0 Å². The molecule has 0 radical (unpaired) electrons. The third-order valence-electron chi connectivity index (χ3n) is 2.55. The molecule has 0 aromatic carbocycles. The Morgan fingerprint density at radius 3 is 3.07 bits per heavy atom. The minimum absolute atomic E-state index is 0.188. The highest BCUT2D eigenvalue weighted by Crippen LogP contribution is 2.28. The summed E-state index contributed by atoms with van der Waals surface area (Å²) in [5.74, 6) is 0.472. The van der Waals surface area contributed by atoms with E-state index in [1.807, 2.05) is 19.2 Å². The number of hydrogen-bond donors (Lipinski definition) is 1. The summed E-state index contributed by atoms with van der Waals surface area (Å²) in [6, 6.07) is 1.96. The fraction of sp³-hybridized carbons (Fsp3) is 0.455. The highest BCUT2D eigenvalue weighted by molar-refractivity contribution is 5.80. The van der Waals surface area contributed by atoms with Gasteiger partial charge in [0.25, 0.3) is 0 Å². The van der Waals surface area contributed by atoms with E-state index in [9.17, 15) is 4.79 Å². The largest absolute Gasteiger partial charge is 0.352 e. The van der Waals surface area contributed by atoms with Gasteiger partial charge in [-0.15, -0.1) is 0 Å². The Morgan fingerprint density at radius 1 is 1.64 bits per heavy atom. The molecule has 1 aromatic rings. The molecular weight excluding hydrogens is 176 g/mol. The van der Waals surface area contributed by atoms with Crippen molar-refractivity contribution in [3.05, 3.63) is 29.6 Å². The summed E-state index contributed by atoms with van der Waals surface area (Å²) in [5, 5.41) is 2.92. The molecule has 1 aromatic heterocycles. The third-order valence-corrected chi connectivity index (χ3v) is 2.55. The molecular formula is C11H14N2O. The number of aryl methyl sites for hydroxylation is 1. The lowest BCUT2D eigenvalue weighted by Crippen LogP contribution is -2.24. The molecule has 1 heterocycles. The van der Waals surface area contributed by atoms with Crippen LogP contribution in [0.25, 0.3) is 0 Å². The Bertz CT molecular complexity index is 345. The van der Waals surface area contributed by atoms with E-state index in [-0.39, 0.29) is 11.8 Å². The molecule has 0 bridgehead atoms. The highest BCUT2D eigenvalue weighted by Gasteiger charge is 2.29. The number of aromatic nitrogens is 1. The molecule has 2 rings (SSSR count). The van der Waals surface area contributed by atoms with Gasteiger partial charge >= 0.3 is 0 Å². The summed E-state index contributed by atoms with van der Waals surface area (Å²) in [6.07, 6.45) is 5.68. The van der Waals surface area contributed by atoms with Crippen molar-refractivity contribution in [2.45, 2.75) is 26.3 Å². The second kappa shape index (κ2) is 3.78. The van der Waals surface area contributed by atoms with Crippen LogP contribution in [0.2, 0.25) is 0 Å². The molecule has 1 amide bonds. The number of rotatable bonds is 3. The van der Waals surface area contributed by atoms with E-state index in [4.69, 9.17) is 0 Å². The minimum atomic E-state index is 0.188. The van der Waals surface area contributed by atoms with Crippen molar-refractivity contribution >= 4 is 5.91 Å². The molecule has 3 heteroatoms. The molecule has 3 nitrogen and oxygen atoms in total. The first kappa shape index (κ1) is 9.19. The molecule has 1 saturated carbocycles. The van der Waals surface area contributed by atoms with E-state index in [0.717, 1.165) is 18.4 Å². The van der Waals surface area contributed by atoms with Crippen molar-refractivity contribution in [1.82, 2.24) is 10.3 Å². The molecule has 1 aliphatic rings. The molecule has 0 atom stereocenters. The molecule has 1 aliphatic carbocycles. The van der Waals surface area contributed by atoms with Gasteiger partial charge in [-0.05, 0) is 37.0 Å². The monoisotopic (exact) mass is 190 g/mol. The van der Waals surface area contributed by atoms with Crippen LogP contribution >= 0.6 is 0 Å². The maximum atomic E-state index is 11.4. The van der Waals surface area contributed by atoms with Crippen LogP contribution in [0.15, 0.2) is 18.5 Å². The lowest BCUT2D eigenvalue weighted by molar-refractivity contribution is -0.122. The third kappa shape index (κ3) is 2.10. The molecule has 0 saturated heterocycles. The van der Waals surface area contributed by atoms with Gasteiger partial charge in [-0.1, -0.05) is 0 Å². The van der Waals surface area contributed by atoms with Crippen molar-refractivity contribution in [2.24, 2.45) is 5.92 Å². The van der Waals surface area contributed by atoms with E-state index in [1.54, 1.807) is 6.20 Å². The quantitative estimate of drug-likeness (QED) is 0.783. The molecule has 0 unspecified atom stereocenters. The van der Waals surface area contributed by atoms with Gasteiger partial charge in [0.2, 0.25) is 5.91 Å². The van der Waals surface area contributed by atoms with Gasteiger partial charge < -0.3 is 5.32 Å². The van der Waals surface area contributed by atoms with Gasteiger partial charge in [0.1, 0.15) is 0 Å². The Hall–Kier alpha value is -1.38. The standard InChI is InChI=1S/C11H14N2O/c1-8-4-5-12-6-10(8)7-13-11(14)9-2-3-9/h4-6,9H,2-3,7H2,1H3,(H,13,14). The predicted molar refractivity (Wildman–Crippen MR) is 53.5 cm³/mol. The maximum absolute atomic E-state index is 11.4. The number of hydrogen-bond acceptors (Lipinski definition) is 2. The number of nitrogens with one attached hydrogen (secondary N) is 1. The molecule has 1 fully saturated rings.